The van der Waals surface area contributed by atoms with Crippen LogP contribution in [0.25, 0.3) is 22.2 Å². The largest absolute Gasteiger partial charge is 0.497 e. The molecule has 0 saturated heterocycles. The SMILES string of the molecule is COc1ccc(-c2csc(NC(=O)Cc3noc4ccccc34)n2)c(OC)c1. The fraction of sp³-hybridized carbons (Fsp3) is 0.150. The van der Waals surface area contributed by atoms with Gasteiger partial charge in [-0.2, -0.15) is 0 Å². The molecule has 0 bridgehead atoms. The summed E-state index contributed by atoms with van der Waals surface area (Å²) in [4.78, 5) is 16.9. The first-order valence-electron chi connectivity index (χ1n) is 8.49. The molecule has 0 aliphatic rings. The molecule has 2 aromatic heterocycles. The average Bonchev–Trinajstić information content (AvgIpc) is 3.35. The van der Waals surface area contributed by atoms with Gasteiger partial charge in [-0.05, 0) is 24.3 Å². The smallest absolute Gasteiger partial charge is 0.232 e. The average molecular weight is 395 g/mol. The highest BCUT2D eigenvalue weighted by atomic mass is 32.1. The molecule has 142 valence electrons. The first-order chi connectivity index (χ1) is 13.7. The molecule has 0 fully saturated rings. The Morgan fingerprint density at radius 2 is 2.04 bits per heavy atom. The van der Waals surface area contributed by atoms with Crippen LogP contribution in [0.3, 0.4) is 0 Å². The number of ether oxygens (including phenoxy) is 2. The number of carbonyl (C=O) groups is 1. The van der Waals surface area contributed by atoms with Crippen LogP contribution in [0.15, 0.2) is 52.4 Å². The molecule has 7 nitrogen and oxygen atoms in total. The van der Waals surface area contributed by atoms with E-state index in [9.17, 15) is 4.79 Å². The maximum atomic E-state index is 12.4. The topological polar surface area (TPSA) is 86.5 Å². The first kappa shape index (κ1) is 18.0. The van der Waals surface area contributed by atoms with Crippen LogP contribution >= 0.6 is 11.3 Å². The molecule has 1 N–H and O–H groups in total. The number of methoxy groups -OCH3 is 2. The minimum absolute atomic E-state index is 0.109. The summed E-state index contributed by atoms with van der Waals surface area (Å²) in [5, 5.41) is 10.0. The van der Waals surface area contributed by atoms with E-state index in [0.717, 1.165) is 10.9 Å². The third kappa shape index (κ3) is 3.54. The number of hydrogen-bond acceptors (Lipinski definition) is 7. The van der Waals surface area contributed by atoms with Crippen LogP contribution in [0.4, 0.5) is 5.13 Å². The molecule has 4 rings (SSSR count). The molecule has 0 unspecified atom stereocenters. The lowest BCUT2D eigenvalue weighted by Crippen LogP contribution is -2.14. The van der Waals surface area contributed by atoms with E-state index >= 15 is 0 Å². The number of benzene rings is 2. The van der Waals surface area contributed by atoms with E-state index in [2.05, 4.69) is 15.5 Å². The van der Waals surface area contributed by atoms with Crippen molar-refractivity contribution in [2.24, 2.45) is 0 Å². The van der Waals surface area contributed by atoms with Crippen molar-refractivity contribution in [2.45, 2.75) is 6.42 Å². The number of rotatable bonds is 6. The molecule has 1 amide bonds. The van der Waals surface area contributed by atoms with Gasteiger partial charge in [-0.25, -0.2) is 4.98 Å². The summed E-state index contributed by atoms with van der Waals surface area (Å²) in [5.41, 5.74) is 2.80. The third-order valence-corrected chi connectivity index (χ3v) is 4.97. The van der Waals surface area contributed by atoms with Crippen molar-refractivity contribution >= 4 is 33.3 Å². The van der Waals surface area contributed by atoms with Crippen LogP contribution in [-0.4, -0.2) is 30.3 Å². The van der Waals surface area contributed by atoms with Crippen LogP contribution in [-0.2, 0) is 11.2 Å². The van der Waals surface area contributed by atoms with Gasteiger partial charge >= 0.3 is 0 Å². The van der Waals surface area contributed by atoms with Crippen LogP contribution in [0.5, 0.6) is 11.5 Å². The predicted molar refractivity (Wildman–Crippen MR) is 107 cm³/mol. The number of nitrogens with one attached hydrogen (secondary N) is 1. The number of aromatic nitrogens is 2. The lowest BCUT2D eigenvalue weighted by Gasteiger charge is -2.08. The molecule has 0 aliphatic carbocycles. The number of fused-ring (bicyclic) bond motifs is 1. The minimum Gasteiger partial charge on any atom is -0.497 e. The molecule has 4 aromatic rings. The van der Waals surface area contributed by atoms with Crippen molar-refractivity contribution in [2.75, 3.05) is 19.5 Å². The monoisotopic (exact) mass is 395 g/mol. The van der Waals surface area contributed by atoms with Gasteiger partial charge in [0.2, 0.25) is 5.91 Å². The normalized spacial score (nSPS) is 10.8. The summed E-state index contributed by atoms with van der Waals surface area (Å²) in [6.07, 6.45) is 0.109. The van der Waals surface area contributed by atoms with E-state index in [4.69, 9.17) is 14.0 Å². The fourth-order valence-corrected chi connectivity index (χ4v) is 3.57. The molecule has 0 radical (unpaired) electrons. The van der Waals surface area contributed by atoms with Gasteiger partial charge in [0.05, 0.1) is 26.3 Å². The Balaban J connectivity index is 1.50. The van der Waals surface area contributed by atoms with E-state index in [1.807, 2.05) is 41.8 Å². The Hall–Kier alpha value is -3.39. The van der Waals surface area contributed by atoms with E-state index in [-0.39, 0.29) is 12.3 Å². The molecule has 0 aliphatic heterocycles. The van der Waals surface area contributed by atoms with Gasteiger partial charge in [0.15, 0.2) is 10.7 Å². The van der Waals surface area contributed by atoms with Crippen molar-refractivity contribution in [1.82, 2.24) is 10.1 Å². The number of thiazole rings is 1. The van der Waals surface area contributed by atoms with E-state index < -0.39 is 0 Å². The third-order valence-electron chi connectivity index (χ3n) is 4.22. The number of para-hydroxylation sites is 1. The first-order valence-corrected chi connectivity index (χ1v) is 9.37. The second kappa shape index (κ2) is 7.69. The zero-order valence-electron chi connectivity index (χ0n) is 15.3. The Labute approximate surface area is 164 Å². The van der Waals surface area contributed by atoms with Gasteiger partial charge in [-0.3, -0.25) is 4.79 Å². The highest BCUT2D eigenvalue weighted by molar-refractivity contribution is 7.14. The summed E-state index contributed by atoms with van der Waals surface area (Å²) >= 11 is 1.34. The second-order valence-corrected chi connectivity index (χ2v) is 6.81. The zero-order chi connectivity index (χ0) is 19.5. The maximum Gasteiger partial charge on any atom is 0.232 e. The van der Waals surface area contributed by atoms with Crippen molar-refractivity contribution in [3.8, 4) is 22.8 Å². The molecule has 2 aromatic carbocycles. The summed E-state index contributed by atoms with van der Waals surface area (Å²) in [5.74, 6) is 1.14. The molecular formula is C20H17N3O4S. The molecule has 0 spiro atoms. The van der Waals surface area contributed by atoms with Gasteiger partial charge in [0, 0.05) is 22.4 Å². The fourth-order valence-electron chi connectivity index (χ4n) is 2.85. The predicted octanol–water partition coefficient (Wildman–Crippen LogP) is 4.15. The maximum absolute atomic E-state index is 12.4. The van der Waals surface area contributed by atoms with Crippen molar-refractivity contribution in [1.29, 1.82) is 0 Å². The molecule has 8 heteroatoms. The van der Waals surface area contributed by atoms with Crippen molar-refractivity contribution in [3.63, 3.8) is 0 Å². The van der Waals surface area contributed by atoms with Gasteiger partial charge < -0.3 is 19.3 Å². The Kier molecular flexibility index (Phi) is 4.94. The quantitative estimate of drug-likeness (QED) is 0.528. The summed E-state index contributed by atoms with van der Waals surface area (Å²) in [6, 6.07) is 13.0. The van der Waals surface area contributed by atoms with E-state index in [1.54, 1.807) is 20.3 Å². The van der Waals surface area contributed by atoms with Crippen LogP contribution in [0.1, 0.15) is 5.69 Å². The molecule has 2 heterocycles. The highest BCUT2D eigenvalue weighted by Gasteiger charge is 2.15. The van der Waals surface area contributed by atoms with Crippen molar-refractivity contribution in [3.05, 3.63) is 53.5 Å². The lowest BCUT2D eigenvalue weighted by molar-refractivity contribution is -0.115. The Morgan fingerprint density at radius 1 is 1.18 bits per heavy atom. The number of amides is 1. The number of anilines is 1. The molecule has 28 heavy (non-hydrogen) atoms. The van der Waals surface area contributed by atoms with Gasteiger partial charge in [0.1, 0.15) is 17.2 Å². The molecule has 0 atom stereocenters. The highest BCUT2D eigenvalue weighted by Crippen LogP contribution is 2.34. The number of hydrogen-bond donors (Lipinski definition) is 1. The zero-order valence-corrected chi connectivity index (χ0v) is 16.1. The standard InChI is InChI=1S/C20H17N3O4S/c1-25-12-7-8-14(18(9-12)26-2)16-11-28-20(21-16)22-19(24)10-15-13-5-3-4-6-17(13)27-23-15/h3-9,11H,10H2,1-2H3,(H,21,22,24). The van der Waals surface area contributed by atoms with Gasteiger partial charge in [-0.1, -0.05) is 17.3 Å². The van der Waals surface area contributed by atoms with E-state index in [0.29, 0.717) is 33.6 Å². The summed E-state index contributed by atoms with van der Waals surface area (Å²) < 4.78 is 15.9. The second-order valence-electron chi connectivity index (χ2n) is 5.95. The van der Waals surface area contributed by atoms with Crippen LogP contribution in [0.2, 0.25) is 0 Å². The Bertz CT molecular complexity index is 1140. The lowest BCUT2D eigenvalue weighted by atomic mass is 10.1. The summed E-state index contributed by atoms with van der Waals surface area (Å²) in [6.45, 7) is 0. The van der Waals surface area contributed by atoms with Gasteiger partial charge in [-0.15, -0.1) is 11.3 Å². The molecule has 0 saturated carbocycles. The van der Waals surface area contributed by atoms with Gasteiger partial charge in [0.25, 0.3) is 0 Å². The van der Waals surface area contributed by atoms with E-state index in [1.165, 1.54) is 11.3 Å². The minimum atomic E-state index is -0.207. The van der Waals surface area contributed by atoms with Crippen molar-refractivity contribution < 1.29 is 18.8 Å². The van der Waals surface area contributed by atoms with Crippen LogP contribution < -0.4 is 14.8 Å². The summed E-state index contributed by atoms with van der Waals surface area (Å²) in [7, 11) is 3.19. The van der Waals surface area contributed by atoms with Crippen LogP contribution in [0, 0.1) is 0 Å². The Morgan fingerprint density at radius 3 is 2.86 bits per heavy atom. The molecular weight excluding hydrogens is 378 g/mol. The number of carbonyl (C=O) groups excluding carboxylic acids is 1. The number of nitrogens with zero attached hydrogens (tertiary/aromatic N) is 2.